The van der Waals surface area contributed by atoms with Crippen LogP contribution in [0.2, 0.25) is 0 Å². The largest absolute Gasteiger partial charge is 0.373 e. The lowest BCUT2D eigenvalue weighted by atomic mass is 9.84. The number of pyridine rings is 1. The van der Waals surface area contributed by atoms with Gasteiger partial charge in [0, 0.05) is 30.8 Å². The minimum Gasteiger partial charge on any atom is -0.373 e. The van der Waals surface area contributed by atoms with Crippen LogP contribution in [0.15, 0.2) is 35.3 Å². The first-order valence-corrected chi connectivity index (χ1v) is 9.55. The lowest BCUT2D eigenvalue weighted by Crippen LogP contribution is -2.67. The Hall–Kier alpha value is -1.76. The Balaban J connectivity index is 1.31. The van der Waals surface area contributed by atoms with Crippen molar-refractivity contribution in [2.45, 2.75) is 38.1 Å². The molecule has 1 amide bonds. The normalized spacial score (nSPS) is 22.0. The molecule has 132 valence electrons. The first kappa shape index (κ1) is 16.7. The summed E-state index contributed by atoms with van der Waals surface area (Å²) in [6.45, 7) is 4.62. The molecule has 4 heterocycles. The van der Waals surface area contributed by atoms with E-state index < -0.39 is 0 Å². The second-order valence-electron chi connectivity index (χ2n) is 7.00. The molecule has 25 heavy (non-hydrogen) atoms. The van der Waals surface area contributed by atoms with Crippen molar-refractivity contribution in [3.05, 3.63) is 52.0 Å². The van der Waals surface area contributed by atoms with Crippen molar-refractivity contribution in [2.75, 3.05) is 19.7 Å². The molecule has 0 bridgehead atoms. The van der Waals surface area contributed by atoms with E-state index in [1.54, 1.807) is 11.3 Å². The second kappa shape index (κ2) is 6.86. The molecule has 0 radical (unpaired) electrons. The molecule has 1 unspecified atom stereocenters. The average molecular weight is 358 g/mol. The van der Waals surface area contributed by atoms with Crippen molar-refractivity contribution in [1.82, 2.24) is 9.88 Å². The number of aromatic nitrogens is 1. The zero-order valence-corrected chi connectivity index (χ0v) is 15.1. The van der Waals surface area contributed by atoms with E-state index >= 15 is 0 Å². The summed E-state index contributed by atoms with van der Waals surface area (Å²) < 4.78 is 12.1. The van der Waals surface area contributed by atoms with Gasteiger partial charge in [-0.3, -0.25) is 9.78 Å². The first-order valence-electron chi connectivity index (χ1n) is 8.61. The smallest absolute Gasteiger partial charge is 0.254 e. The van der Waals surface area contributed by atoms with E-state index in [4.69, 9.17) is 9.47 Å². The van der Waals surface area contributed by atoms with E-state index in [-0.39, 0.29) is 17.6 Å². The van der Waals surface area contributed by atoms with E-state index in [1.165, 1.54) is 0 Å². The van der Waals surface area contributed by atoms with Gasteiger partial charge in [-0.05, 0) is 35.9 Å². The predicted molar refractivity (Wildman–Crippen MR) is 95.7 cm³/mol. The van der Waals surface area contributed by atoms with Gasteiger partial charge < -0.3 is 14.4 Å². The summed E-state index contributed by atoms with van der Waals surface area (Å²) in [7, 11) is 0. The summed E-state index contributed by atoms with van der Waals surface area (Å²) in [5, 5.41) is 3.83. The number of carbonyl (C=O) groups is 1. The first-order chi connectivity index (χ1) is 12.1. The zero-order valence-electron chi connectivity index (χ0n) is 14.3. The number of hydrogen-bond donors (Lipinski definition) is 0. The van der Waals surface area contributed by atoms with Crippen molar-refractivity contribution in [3.63, 3.8) is 0 Å². The molecule has 4 rings (SSSR count). The van der Waals surface area contributed by atoms with Crippen LogP contribution in [-0.4, -0.2) is 47.2 Å². The zero-order chi connectivity index (χ0) is 17.3. The van der Waals surface area contributed by atoms with Gasteiger partial charge in [0.05, 0.1) is 31.4 Å². The van der Waals surface area contributed by atoms with Crippen LogP contribution >= 0.6 is 11.3 Å². The number of hydrogen-bond acceptors (Lipinski definition) is 5. The molecule has 2 aromatic heterocycles. The molecule has 0 saturated carbocycles. The Morgan fingerprint density at radius 3 is 3.12 bits per heavy atom. The quantitative estimate of drug-likeness (QED) is 0.843. The molecule has 2 fully saturated rings. The monoisotopic (exact) mass is 358 g/mol. The molecule has 1 atom stereocenters. The standard InChI is InChI=1S/C19H22N2O3S/c1-14-6-15(9-20-8-14)10-23-17-2-4-24-19(7-17)12-21(13-19)18(22)16-3-5-25-11-16/h3,5-6,8-9,11,17H,2,4,7,10,12-13H2,1H3. The van der Waals surface area contributed by atoms with Crippen LogP contribution in [0.1, 0.15) is 34.3 Å². The van der Waals surface area contributed by atoms with E-state index in [1.807, 2.05) is 41.0 Å². The maximum absolute atomic E-state index is 12.4. The highest BCUT2D eigenvalue weighted by Crippen LogP contribution is 2.36. The van der Waals surface area contributed by atoms with E-state index in [2.05, 4.69) is 11.1 Å². The average Bonchev–Trinajstić information content (AvgIpc) is 3.12. The summed E-state index contributed by atoms with van der Waals surface area (Å²) >= 11 is 1.55. The van der Waals surface area contributed by atoms with Crippen LogP contribution in [0.25, 0.3) is 0 Å². The van der Waals surface area contributed by atoms with E-state index in [9.17, 15) is 4.79 Å². The molecule has 2 aromatic rings. The number of rotatable bonds is 4. The maximum Gasteiger partial charge on any atom is 0.254 e. The van der Waals surface area contributed by atoms with Gasteiger partial charge in [0.2, 0.25) is 0 Å². The number of likely N-dealkylation sites (tertiary alicyclic amines) is 1. The molecule has 2 saturated heterocycles. The van der Waals surface area contributed by atoms with Gasteiger partial charge in [0.15, 0.2) is 0 Å². The van der Waals surface area contributed by atoms with Gasteiger partial charge >= 0.3 is 0 Å². The fourth-order valence-corrected chi connectivity index (χ4v) is 4.25. The lowest BCUT2D eigenvalue weighted by molar-refractivity contribution is -0.188. The van der Waals surface area contributed by atoms with Crippen molar-refractivity contribution in [1.29, 1.82) is 0 Å². The summed E-state index contributed by atoms with van der Waals surface area (Å²) in [6.07, 6.45) is 5.62. The fourth-order valence-electron chi connectivity index (χ4n) is 3.62. The van der Waals surface area contributed by atoms with Crippen LogP contribution in [0.4, 0.5) is 0 Å². The molecule has 2 aliphatic rings. The SMILES string of the molecule is Cc1cncc(COC2CCOC3(C2)CN(C(=O)c2ccsc2)C3)c1. The summed E-state index contributed by atoms with van der Waals surface area (Å²) in [5.74, 6) is 0.101. The Morgan fingerprint density at radius 2 is 2.36 bits per heavy atom. The van der Waals surface area contributed by atoms with Crippen molar-refractivity contribution in [2.24, 2.45) is 0 Å². The van der Waals surface area contributed by atoms with Gasteiger partial charge in [-0.2, -0.15) is 11.3 Å². The Labute approximate surface area is 151 Å². The molecule has 0 aliphatic carbocycles. The number of aryl methyl sites for hydroxylation is 1. The Kier molecular flexibility index (Phi) is 4.58. The number of ether oxygens (including phenoxy) is 2. The van der Waals surface area contributed by atoms with E-state index in [0.29, 0.717) is 26.3 Å². The minimum atomic E-state index is -0.223. The molecular formula is C19H22N2O3S. The maximum atomic E-state index is 12.4. The fraction of sp³-hybridized carbons (Fsp3) is 0.474. The third kappa shape index (κ3) is 3.61. The number of amides is 1. The van der Waals surface area contributed by atoms with Gasteiger partial charge in [-0.25, -0.2) is 0 Å². The number of thiophene rings is 1. The second-order valence-corrected chi connectivity index (χ2v) is 7.78. The highest BCUT2D eigenvalue weighted by atomic mass is 32.1. The van der Waals surface area contributed by atoms with Crippen LogP contribution in [0, 0.1) is 6.92 Å². The summed E-state index contributed by atoms with van der Waals surface area (Å²) in [6, 6.07) is 3.98. The molecule has 5 nitrogen and oxygen atoms in total. The third-order valence-corrected chi connectivity index (χ3v) is 5.56. The topological polar surface area (TPSA) is 51.7 Å². The number of nitrogens with zero attached hydrogens (tertiary/aromatic N) is 2. The van der Waals surface area contributed by atoms with Crippen molar-refractivity contribution < 1.29 is 14.3 Å². The number of carbonyl (C=O) groups excluding carboxylic acids is 1. The van der Waals surface area contributed by atoms with Crippen molar-refractivity contribution >= 4 is 17.2 Å². The van der Waals surface area contributed by atoms with Gasteiger partial charge in [-0.15, -0.1) is 0 Å². The van der Waals surface area contributed by atoms with Crippen LogP contribution < -0.4 is 0 Å². The van der Waals surface area contributed by atoms with Gasteiger partial charge in [0.1, 0.15) is 5.60 Å². The van der Waals surface area contributed by atoms with Gasteiger partial charge in [-0.1, -0.05) is 6.07 Å². The molecule has 6 heteroatoms. The molecule has 2 aliphatic heterocycles. The lowest BCUT2D eigenvalue weighted by Gasteiger charge is -2.52. The van der Waals surface area contributed by atoms with E-state index in [0.717, 1.165) is 29.5 Å². The predicted octanol–water partition coefficient (Wildman–Crippen LogP) is 3.04. The van der Waals surface area contributed by atoms with Crippen LogP contribution in [0.5, 0.6) is 0 Å². The highest BCUT2D eigenvalue weighted by Gasteiger charge is 2.49. The molecule has 0 N–H and O–H groups in total. The highest BCUT2D eigenvalue weighted by molar-refractivity contribution is 7.08. The Bertz CT molecular complexity index is 741. The minimum absolute atomic E-state index is 0.101. The molecule has 1 spiro atoms. The summed E-state index contributed by atoms with van der Waals surface area (Å²) in [4.78, 5) is 18.5. The molecule has 0 aromatic carbocycles. The van der Waals surface area contributed by atoms with Gasteiger partial charge in [0.25, 0.3) is 5.91 Å². The Morgan fingerprint density at radius 1 is 1.48 bits per heavy atom. The van der Waals surface area contributed by atoms with Crippen LogP contribution in [0.3, 0.4) is 0 Å². The molecular weight excluding hydrogens is 336 g/mol. The van der Waals surface area contributed by atoms with Crippen molar-refractivity contribution in [3.8, 4) is 0 Å². The third-order valence-electron chi connectivity index (χ3n) is 4.88. The summed E-state index contributed by atoms with van der Waals surface area (Å²) in [5.41, 5.74) is 2.80. The van der Waals surface area contributed by atoms with Crippen LogP contribution in [-0.2, 0) is 16.1 Å².